The van der Waals surface area contributed by atoms with Gasteiger partial charge in [0.25, 0.3) is 5.91 Å². The molecule has 26 heavy (non-hydrogen) atoms. The molecule has 0 aliphatic rings. The first-order valence-electron chi connectivity index (χ1n) is 7.55. The van der Waals surface area contributed by atoms with Gasteiger partial charge in [-0.15, -0.1) is 16.4 Å². The maximum Gasteiger partial charge on any atom is 0.337 e. The number of nitrogens with zero attached hydrogens (tertiary/aromatic N) is 3. The zero-order chi connectivity index (χ0) is 18.7. The first kappa shape index (κ1) is 17.6. The standard InChI is InChI=1S/C17H16N4O4S/c1-21-8-12(15(20-21)24-2)14(22)19-17-18-13(9-26-17)10-4-6-11(7-5-10)16(23)25-3/h4-9H,1-3H3,(H,18,19,22). The fourth-order valence-electron chi connectivity index (χ4n) is 2.30. The van der Waals surface area contributed by atoms with Crippen LogP contribution < -0.4 is 10.1 Å². The number of esters is 1. The second-order valence-corrected chi connectivity index (χ2v) is 6.14. The second-order valence-electron chi connectivity index (χ2n) is 5.29. The summed E-state index contributed by atoms with van der Waals surface area (Å²) < 4.78 is 11.3. The number of aryl methyl sites for hydroxylation is 1. The summed E-state index contributed by atoms with van der Waals surface area (Å²) in [6.07, 6.45) is 1.58. The predicted molar refractivity (Wildman–Crippen MR) is 96.6 cm³/mol. The van der Waals surface area contributed by atoms with Crippen LogP contribution in [0.1, 0.15) is 20.7 Å². The zero-order valence-electron chi connectivity index (χ0n) is 14.3. The molecular weight excluding hydrogens is 356 g/mol. The van der Waals surface area contributed by atoms with Crippen LogP contribution in [-0.2, 0) is 11.8 Å². The van der Waals surface area contributed by atoms with E-state index in [-0.39, 0.29) is 11.8 Å². The van der Waals surface area contributed by atoms with E-state index in [9.17, 15) is 9.59 Å². The summed E-state index contributed by atoms with van der Waals surface area (Å²) in [5.74, 6) is -0.495. The maximum atomic E-state index is 12.4. The number of ether oxygens (including phenoxy) is 2. The Bertz CT molecular complexity index is 946. The van der Waals surface area contributed by atoms with Crippen LogP contribution >= 0.6 is 11.3 Å². The number of carbonyl (C=O) groups is 2. The minimum atomic E-state index is -0.395. The Kier molecular flexibility index (Phi) is 4.99. The van der Waals surface area contributed by atoms with Crippen molar-refractivity contribution in [2.24, 2.45) is 7.05 Å². The lowest BCUT2D eigenvalue weighted by molar-refractivity contribution is 0.0600. The van der Waals surface area contributed by atoms with Crippen molar-refractivity contribution in [2.75, 3.05) is 19.5 Å². The average molecular weight is 372 g/mol. The van der Waals surface area contributed by atoms with Crippen LogP contribution in [0.15, 0.2) is 35.8 Å². The number of methoxy groups -OCH3 is 2. The SMILES string of the molecule is COC(=O)c1ccc(-c2csc(NC(=O)c3cn(C)nc3OC)n2)cc1. The highest BCUT2D eigenvalue weighted by molar-refractivity contribution is 7.14. The molecule has 0 aliphatic carbocycles. The number of hydrogen-bond acceptors (Lipinski definition) is 7. The molecule has 8 nitrogen and oxygen atoms in total. The minimum Gasteiger partial charge on any atom is -0.479 e. The number of carbonyl (C=O) groups excluding carboxylic acids is 2. The monoisotopic (exact) mass is 372 g/mol. The Morgan fingerprint density at radius 2 is 1.92 bits per heavy atom. The summed E-state index contributed by atoms with van der Waals surface area (Å²) in [5, 5.41) is 9.06. The van der Waals surface area contributed by atoms with Crippen molar-refractivity contribution in [2.45, 2.75) is 0 Å². The maximum absolute atomic E-state index is 12.4. The van der Waals surface area contributed by atoms with Gasteiger partial charge in [0.2, 0.25) is 5.88 Å². The van der Waals surface area contributed by atoms with Gasteiger partial charge >= 0.3 is 5.97 Å². The normalized spacial score (nSPS) is 10.4. The molecular formula is C17H16N4O4S. The molecule has 2 aromatic heterocycles. The second kappa shape index (κ2) is 7.36. The smallest absolute Gasteiger partial charge is 0.337 e. The fraction of sp³-hybridized carbons (Fsp3) is 0.176. The van der Waals surface area contributed by atoms with E-state index in [1.165, 1.54) is 30.2 Å². The van der Waals surface area contributed by atoms with E-state index in [1.54, 1.807) is 37.5 Å². The number of benzene rings is 1. The fourth-order valence-corrected chi connectivity index (χ4v) is 3.01. The average Bonchev–Trinajstić information content (AvgIpc) is 3.27. The van der Waals surface area contributed by atoms with Crippen LogP contribution in [0.4, 0.5) is 5.13 Å². The molecule has 0 radical (unpaired) electrons. The number of nitrogens with one attached hydrogen (secondary N) is 1. The number of hydrogen-bond donors (Lipinski definition) is 1. The summed E-state index contributed by atoms with van der Waals surface area (Å²) in [6, 6.07) is 6.88. The third kappa shape index (κ3) is 3.57. The molecule has 3 rings (SSSR count). The molecule has 0 aliphatic heterocycles. The van der Waals surface area contributed by atoms with Crippen LogP contribution in [0, 0.1) is 0 Å². The van der Waals surface area contributed by atoms with Gasteiger partial charge in [0.15, 0.2) is 5.13 Å². The van der Waals surface area contributed by atoms with Crippen LogP contribution in [-0.4, -0.2) is 40.9 Å². The van der Waals surface area contributed by atoms with Crippen LogP contribution in [0.3, 0.4) is 0 Å². The quantitative estimate of drug-likeness (QED) is 0.692. The van der Waals surface area contributed by atoms with Crippen LogP contribution in [0.5, 0.6) is 5.88 Å². The number of aromatic nitrogens is 3. The Morgan fingerprint density at radius 1 is 1.19 bits per heavy atom. The van der Waals surface area contributed by atoms with E-state index in [0.29, 0.717) is 22.0 Å². The largest absolute Gasteiger partial charge is 0.479 e. The molecule has 0 bridgehead atoms. The summed E-state index contributed by atoms with van der Waals surface area (Å²) >= 11 is 1.30. The third-order valence-electron chi connectivity index (χ3n) is 3.56. The summed E-state index contributed by atoms with van der Waals surface area (Å²) in [6.45, 7) is 0. The van der Waals surface area contributed by atoms with E-state index in [1.807, 2.05) is 5.38 Å². The molecule has 0 unspecified atom stereocenters. The number of anilines is 1. The third-order valence-corrected chi connectivity index (χ3v) is 4.32. The molecule has 1 aromatic carbocycles. The van der Waals surface area contributed by atoms with Gasteiger partial charge in [-0.25, -0.2) is 9.78 Å². The first-order valence-corrected chi connectivity index (χ1v) is 8.43. The van der Waals surface area contributed by atoms with Gasteiger partial charge in [-0.2, -0.15) is 0 Å². The van der Waals surface area contributed by atoms with Gasteiger partial charge in [-0.1, -0.05) is 12.1 Å². The molecule has 0 saturated heterocycles. The van der Waals surface area contributed by atoms with Crippen molar-refractivity contribution in [1.29, 1.82) is 0 Å². The molecule has 9 heteroatoms. The zero-order valence-corrected chi connectivity index (χ0v) is 15.2. The minimum absolute atomic E-state index is 0.250. The molecule has 134 valence electrons. The molecule has 0 atom stereocenters. The van der Waals surface area contributed by atoms with Gasteiger partial charge < -0.3 is 9.47 Å². The number of rotatable bonds is 5. The molecule has 2 heterocycles. The van der Waals surface area contributed by atoms with Gasteiger partial charge in [-0.3, -0.25) is 14.8 Å². The van der Waals surface area contributed by atoms with Crippen LogP contribution in [0.2, 0.25) is 0 Å². The summed E-state index contributed by atoms with van der Waals surface area (Å²) in [5.41, 5.74) is 2.31. The molecule has 0 saturated carbocycles. The highest BCUT2D eigenvalue weighted by Crippen LogP contribution is 2.26. The first-order chi connectivity index (χ1) is 12.5. The van der Waals surface area contributed by atoms with Crippen molar-refractivity contribution in [1.82, 2.24) is 14.8 Å². The Hall–Kier alpha value is -3.20. The van der Waals surface area contributed by atoms with Crippen molar-refractivity contribution < 1.29 is 19.1 Å². The highest BCUT2D eigenvalue weighted by atomic mass is 32.1. The Morgan fingerprint density at radius 3 is 2.58 bits per heavy atom. The van der Waals surface area contributed by atoms with E-state index < -0.39 is 5.97 Å². The van der Waals surface area contributed by atoms with Gasteiger partial charge in [0.1, 0.15) is 5.56 Å². The van der Waals surface area contributed by atoms with E-state index in [4.69, 9.17) is 4.74 Å². The van der Waals surface area contributed by atoms with Crippen molar-refractivity contribution >= 4 is 28.3 Å². The molecule has 1 amide bonds. The van der Waals surface area contributed by atoms with E-state index >= 15 is 0 Å². The molecule has 0 spiro atoms. The van der Waals surface area contributed by atoms with Gasteiger partial charge in [-0.05, 0) is 12.1 Å². The highest BCUT2D eigenvalue weighted by Gasteiger charge is 2.18. The molecule has 0 fully saturated rings. The lowest BCUT2D eigenvalue weighted by atomic mass is 10.1. The van der Waals surface area contributed by atoms with Crippen molar-refractivity contribution in [3.63, 3.8) is 0 Å². The number of amides is 1. The van der Waals surface area contributed by atoms with Gasteiger partial charge in [0, 0.05) is 24.2 Å². The Balaban J connectivity index is 1.75. The summed E-state index contributed by atoms with van der Waals surface area (Å²) in [4.78, 5) is 28.3. The lowest BCUT2D eigenvalue weighted by Gasteiger charge is -2.02. The summed E-state index contributed by atoms with van der Waals surface area (Å²) in [7, 11) is 4.50. The van der Waals surface area contributed by atoms with Gasteiger partial charge in [0.05, 0.1) is 25.5 Å². The van der Waals surface area contributed by atoms with Crippen LogP contribution in [0.25, 0.3) is 11.3 Å². The predicted octanol–water partition coefficient (Wildman–Crippen LogP) is 2.59. The van der Waals surface area contributed by atoms with Crippen molar-refractivity contribution in [3.05, 3.63) is 47.0 Å². The van der Waals surface area contributed by atoms with E-state index in [0.717, 1.165) is 5.56 Å². The number of thiazole rings is 1. The lowest BCUT2D eigenvalue weighted by Crippen LogP contribution is -2.12. The topological polar surface area (TPSA) is 95.3 Å². The molecule has 1 N–H and O–H groups in total. The molecule has 3 aromatic rings. The van der Waals surface area contributed by atoms with Crippen molar-refractivity contribution in [3.8, 4) is 17.1 Å². The Labute approximate surface area is 153 Å². The van der Waals surface area contributed by atoms with E-state index in [2.05, 4.69) is 20.1 Å².